The fourth-order valence-electron chi connectivity index (χ4n) is 1.85. The summed E-state index contributed by atoms with van der Waals surface area (Å²) in [6.45, 7) is 4.49. The highest BCUT2D eigenvalue weighted by Crippen LogP contribution is 2.25. The molecule has 1 atom stereocenters. The maximum Gasteiger partial charge on any atom is 0.302 e. The summed E-state index contributed by atoms with van der Waals surface area (Å²) in [7, 11) is 0. The van der Waals surface area contributed by atoms with Gasteiger partial charge in [-0.3, -0.25) is 4.57 Å². The Kier molecular flexibility index (Phi) is 4.16. The molecular weight excluding hydrogens is 247 g/mol. The number of imidazole rings is 1. The summed E-state index contributed by atoms with van der Waals surface area (Å²) in [6.07, 6.45) is 1.66. The van der Waals surface area contributed by atoms with Crippen LogP contribution in [0.1, 0.15) is 32.1 Å². The standard InChI is InChI=1S/C14H17FN2O2/c1-3-13(18)12-9-16-14(17(12)4-2)19-11-7-5-10(15)6-8-11/h5-9,13,18H,3-4H2,1-2H3. The van der Waals surface area contributed by atoms with Gasteiger partial charge in [-0.25, -0.2) is 9.37 Å². The van der Waals surface area contributed by atoms with E-state index in [0.29, 0.717) is 24.7 Å². The van der Waals surface area contributed by atoms with Gasteiger partial charge in [0.2, 0.25) is 0 Å². The minimum atomic E-state index is -0.557. The van der Waals surface area contributed by atoms with Crippen LogP contribution in [0.4, 0.5) is 4.39 Å². The van der Waals surface area contributed by atoms with Crippen LogP contribution in [0.15, 0.2) is 30.5 Å². The zero-order valence-electron chi connectivity index (χ0n) is 11.0. The van der Waals surface area contributed by atoms with Crippen LogP contribution in [-0.2, 0) is 6.54 Å². The number of aliphatic hydroxyl groups excluding tert-OH is 1. The number of rotatable bonds is 5. The molecule has 5 heteroatoms. The quantitative estimate of drug-likeness (QED) is 0.901. The second kappa shape index (κ2) is 5.84. The highest BCUT2D eigenvalue weighted by Gasteiger charge is 2.16. The number of nitrogens with zero attached hydrogens (tertiary/aromatic N) is 2. The first kappa shape index (κ1) is 13.5. The maximum atomic E-state index is 12.8. The predicted octanol–water partition coefficient (Wildman–Crippen LogP) is 3.28. The van der Waals surface area contributed by atoms with Crippen molar-refractivity contribution in [1.29, 1.82) is 0 Å². The lowest BCUT2D eigenvalue weighted by Gasteiger charge is -2.12. The number of halogens is 1. The molecule has 19 heavy (non-hydrogen) atoms. The molecule has 0 aliphatic carbocycles. The van der Waals surface area contributed by atoms with Crippen LogP contribution < -0.4 is 4.74 Å². The van der Waals surface area contributed by atoms with Crippen molar-refractivity contribution < 1.29 is 14.2 Å². The molecule has 1 unspecified atom stereocenters. The Bertz CT molecular complexity index is 537. The van der Waals surface area contributed by atoms with E-state index in [9.17, 15) is 9.50 Å². The van der Waals surface area contributed by atoms with Crippen LogP contribution in [0.5, 0.6) is 11.8 Å². The molecule has 0 spiro atoms. The molecule has 0 bridgehead atoms. The third-order valence-corrected chi connectivity index (χ3v) is 2.92. The summed E-state index contributed by atoms with van der Waals surface area (Å²) in [5.41, 5.74) is 0.724. The van der Waals surface area contributed by atoms with Gasteiger partial charge in [-0.1, -0.05) is 6.92 Å². The summed E-state index contributed by atoms with van der Waals surface area (Å²) in [5, 5.41) is 9.89. The molecule has 0 saturated heterocycles. The van der Waals surface area contributed by atoms with Crippen molar-refractivity contribution in [1.82, 2.24) is 9.55 Å². The van der Waals surface area contributed by atoms with E-state index in [0.717, 1.165) is 5.69 Å². The number of benzene rings is 1. The first-order chi connectivity index (χ1) is 9.15. The monoisotopic (exact) mass is 264 g/mol. The van der Waals surface area contributed by atoms with Crippen LogP contribution in [0.2, 0.25) is 0 Å². The van der Waals surface area contributed by atoms with E-state index >= 15 is 0 Å². The summed E-state index contributed by atoms with van der Waals surface area (Å²) in [6, 6.07) is 6.14. The van der Waals surface area contributed by atoms with Crippen LogP contribution in [0.25, 0.3) is 0 Å². The lowest BCUT2D eigenvalue weighted by molar-refractivity contribution is 0.163. The molecule has 1 heterocycles. The number of ether oxygens (including phenoxy) is 1. The SMILES string of the molecule is CCC(O)c1cnc(Oc2ccc(F)cc2)n1CC. The van der Waals surface area contributed by atoms with Gasteiger partial charge in [0.15, 0.2) is 0 Å². The average molecular weight is 264 g/mol. The Hall–Kier alpha value is -1.88. The molecule has 0 radical (unpaired) electrons. The van der Waals surface area contributed by atoms with Gasteiger partial charge < -0.3 is 9.84 Å². The fraction of sp³-hybridized carbons (Fsp3) is 0.357. The van der Waals surface area contributed by atoms with Gasteiger partial charge in [0.05, 0.1) is 18.0 Å². The molecule has 0 amide bonds. The molecule has 4 nitrogen and oxygen atoms in total. The van der Waals surface area contributed by atoms with E-state index in [1.807, 2.05) is 13.8 Å². The van der Waals surface area contributed by atoms with Crippen molar-refractivity contribution >= 4 is 0 Å². The normalized spacial score (nSPS) is 12.4. The Morgan fingerprint density at radius 3 is 2.58 bits per heavy atom. The predicted molar refractivity (Wildman–Crippen MR) is 69.6 cm³/mol. The third-order valence-electron chi connectivity index (χ3n) is 2.92. The summed E-state index contributed by atoms with van der Waals surface area (Å²) < 4.78 is 20.2. The Morgan fingerprint density at radius 2 is 2.00 bits per heavy atom. The number of aliphatic hydroxyl groups is 1. The summed E-state index contributed by atoms with van der Waals surface area (Å²) in [4.78, 5) is 4.16. The maximum absolute atomic E-state index is 12.8. The molecule has 0 aliphatic rings. The number of hydrogen-bond acceptors (Lipinski definition) is 3. The first-order valence-electron chi connectivity index (χ1n) is 6.32. The zero-order valence-corrected chi connectivity index (χ0v) is 11.0. The van der Waals surface area contributed by atoms with E-state index < -0.39 is 6.10 Å². The number of hydrogen-bond donors (Lipinski definition) is 1. The minimum absolute atomic E-state index is 0.312. The van der Waals surface area contributed by atoms with Gasteiger partial charge in [0, 0.05) is 6.54 Å². The van der Waals surface area contributed by atoms with Crippen molar-refractivity contribution in [3.8, 4) is 11.8 Å². The summed E-state index contributed by atoms with van der Waals surface area (Å²) in [5.74, 6) is 0.201. The van der Waals surface area contributed by atoms with Crippen molar-refractivity contribution in [3.63, 3.8) is 0 Å². The second-order valence-electron chi connectivity index (χ2n) is 4.19. The lowest BCUT2D eigenvalue weighted by Crippen LogP contribution is -2.07. The Morgan fingerprint density at radius 1 is 1.32 bits per heavy atom. The van der Waals surface area contributed by atoms with Gasteiger partial charge in [0.25, 0.3) is 0 Å². The number of aromatic nitrogens is 2. The van der Waals surface area contributed by atoms with E-state index in [-0.39, 0.29) is 5.82 Å². The van der Waals surface area contributed by atoms with Gasteiger partial charge in [-0.15, -0.1) is 0 Å². The highest BCUT2D eigenvalue weighted by atomic mass is 19.1. The fourth-order valence-corrected chi connectivity index (χ4v) is 1.85. The Labute approximate surface area is 111 Å². The van der Waals surface area contributed by atoms with Crippen LogP contribution >= 0.6 is 0 Å². The Balaban J connectivity index is 2.25. The van der Waals surface area contributed by atoms with Gasteiger partial charge in [-0.05, 0) is 37.6 Å². The highest BCUT2D eigenvalue weighted by molar-refractivity contribution is 5.26. The van der Waals surface area contributed by atoms with E-state index in [2.05, 4.69) is 4.98 Å². The van der Waals surface area contributed by atoms with Crippen molar-refractivity contribution in [2.24, 2.45) is 0 Å². The smallest absolute Gasteiger partial charge is 0.302 e. The van der Waals surface area contributed by atoms with E-state index in [4.69, 9.17) is 4.74 Å². The third kappa shape index (κ3) is 2.93. The van der Waals surface area contributed by atoms with Crippen LogP contribution in [0, 0.1) is 5.82 Å². The van der Waals surface area contributed by atoms with E-state index in [1.165, 1.54) is 12.1 Å². The largest absolute Gasteiger partial charge is 0.426 e. The average Bonchev–Trinajstić information content (AvgIpc) is 2.83. The molecule has 0 aliphatic heterocycles. The van der Waals surface area contributed by atoms with Gasteiger partial charge >= 0.3 is 6.01 Å². The van der Waals surface area contributed by atoms with Crippen molar-refractivity contribution in [3.05, 3.63) is 42.0 Å². The molecule has 2 rings (SSSR count). The molecule has 1 aromatic heterocycles. The van der Waals surface area contributed by atoms with Crippen LogP contribution in [0.3, 0.4) is 0 Å². The molecule has 0 fully saturated rings. The van der Waals surface area contributed by atoms with Crippen molar-refractivity contribution in [2.45, 2.75) is 32.9 Å². The van der Waals surface area contributed by atoms with Crippen LogP contribution in [-0.4, -0.2) is 14.7 Å². The van der Waals surface area contributed by atoms with Crippen molar-refractivity contribution in [2.75, 3.05) is 0 Å². The van der Waals surface area contributed by atoms with E-state index in [1.54, 1.807) is 22.9 Å². The lowest BCUT2D eigenvalue weighted by atomic mass is 10.2. The molecule has 0 saturated carbocycles. The molecule has 1 aromatic carbocycles. The molecular formula is C14H17FN2O2. The topological polar surface area (TPSA) is 47.3 Å². The molecule has 1 N–H and O–H groups in total. The molecule has 102 valence electrons. The zero-order chi connectivity index (χ0) is 13.8. The van der Waals surface area contributed by atoms with Gasteiger partial charge in [-0.2, -0.15) is 0 Å². The first-order valence-corrected chi connectivity index (χ1v) is 6.32. The summed E-state index contributed by atoms with van der Waals surface area (Å²) >= 11 is 0. The minimum Gasteiger partial charge on any atom is -0.426 e. The van der Waals surface area contributed by atoms with Gasteiger partial charge in [0.1, 0.15) is 11.6 Å². The second-order valence-corrected chi connectivity index (χ2v) is 4.19. The molecule has 2 aromatic rings.